The Hall–Kier alpha value is -1.95. The molecule has 1 saturated carbocycles. The number of aliphatic hydroxyl groups excluding tert-OH is 1. The molecule has 1 fully saturated rings. The lowest BCUT2D eigenvalue weighted by atomic mass is 9.86. The molecule has 2 rings (SSSR count). The molecule has 0 saturated heterocycles. The molecular formula is C15H20N2O4. The predicted molar refractivity (Wildman–Crippen MR) is 78.1 cm³/mol. The van der Waals surface area contributed by atoms with Gasteiger partial charge < -0.3 is 10.4 Å². The minimum atomic E-state index is -0.463. The van der Waals surface area contributed by atoms with E-state index in [-0.39, 0.29) is 23.6 Å². The lowest BCUT2D eigenvalue weighted by molar-refractivity contribution is -0.385. The SMILES string of the molecule is Cc1cc(C(=O)NCC2CCCCC2O)ccc1[N+](=O)[O-]. The molecule has 1 aromatic carbocycles. The maximum atomic E-state index is 12.1. The minimum absolute atomic E-state index is 0.00857. The highest BCUT2D eigenvalue weighted by atomic mass is 16.6. The summed E-state index contributed by atoms with van der Waals surface area (Å²) >= 11 is 0. The van der Waals surface area contributed by atoms with E-state index in [0.29, 0.717) is 17.7 Å². The van der Waals surface area contributed by atoms with Gasteiger partial charge in [-0.2, -0.15) is 0 Å². The van der Waals surface area contributed by atoms with Crippen molar-refractivity contribution in [1.29, 1.82) is 0 Å². The monoisotopic (exact) mass is 292 g/mol. The lowest BCUT2D eigenvalue weighted by Gasteiger charge is -2.27. The third-order valence-corrected chi connectivity index (χ3v) is 4.05. The number of rotatable bonds is 4. The quantitative estimate of drug-likeness (QED) is 0.657. The van der Waals surface area contributed by atoms with Crippen molar-refractivity contribution in [2.24, 2.45) is 5.92 Å². The number of benzene rings is 1. The van der Waals surface area contributed by atoms with Crippen molar-refractivity contribution in [3.8, 4) is 0 Å². The fraction of sp³-hybridized carbons (Fsp3) is 0.533. The van der Waals surface area contributed by atoms with E-state index in [1.165, 1.54) is 18.2 Å². The minimum Gasteiger partial charge on any atom is -0.393 e. The van der Waals surface area contributed by atoms with Crippen LogP contribution in [0.2, 0.25) is 0 Å². The Labute approximate surface area is 123 Å². The molecule has 0 heterocycles. The van der Waals surface area contributed by atoms with E-state index < -0.39 is 4.92 Å². The van der Waals surface area contributed by atoms with Gasteiger partial charge in [0.25, 0.3) is 11.6 Å². The second-order valence-electron chi connectivity index (χ2n) is 5.58. The van der Waals surface area contributed by atoms with E-state index in [1.54, 1.807) is 6.92 Å². The van der Waals surface area contributed by atoms with Gasteiger partial charge in [0, 0.05) is 29.7 Å². The predicted octanol–water partition coefficient (Wildman–Crippen LogP) is 2.18. The molecule has 1 aliphatic carbocycles. The standard InChI is InChI=1S/C15H20N2O4/c1-10-8-11(6-7-13(10)17(20)21)15(19)16-9-12-4-2-3-5-14(12)18/h6-8,12,14,18H,2-5,9H2,1H3,(H,16,19). The maximum absolute atomic E-state index is 12.1. The highest BCUT2D eigenvalue weighted by molar-refractivity contribution is 5.94. The van der Waals surface area contributed by atoms with Crippen molar-refractivity contribution >= 4 is 11.6 Å². The zero-order valence-electron chi connectivity index (χ0n) is 12.0. The molecule has 0 spiro atoms. The summed E-state index contributed by atoms with van der Waals surface area (Å²) in [7, 11) is 0. The van der Waals surface area contributed by atoms with E-state index in [0.717, 1.165) is 25.7 Å². The molecule has 114 valence electrons. The van der Waals surface area contributed by atoms with Gasteiger partial charge in [-0.25, -0.2) is 0 Å². The van der Waals surface area contributed by atoms with Gasteiger partial charge in [-0.05, 0) is 31.9 Å². The number of nitrogens with one attached hydrogen (secondary N) is 1. The van der Waals surface area contributed by atoms with E-state index in [4.69, 9.17) is 0 Å². The van der Waals surface area contributed by atoms with Crippen LogP contribution in [0.4, 0.5) is 5.69 Å². The van der Waals surface area contributed by atoms with Gasteiger partial charge in [0.15, 0.2) is 0 Å². The average molecular weight is 292 g/mol. The first-order chi connectivity index (χ1) is 9.99. The first-order valence-electron chi connectivity index (χ1n) is 7.20. The van der Waals surface area contributed by atoms with Crippen molar-refractivity contribution in [2.75, 3.05) is 6.54 Å². The van der Waals surface area contributed by atoms with E-state index >= 15 is 0 Å². The number of aliphatic hydroxyl groups is 1. The molecule has 2 atom stereocenters. The zero-order valence-corrected chi connectivity index (χ0v) is 12.0. The van der Waals surface area contributed by atoms with Crippen LogP contribution in [0.3, 0.4) is 0 Å². The second kappa shape index (κ2) is 6.67. The van der Waals surface area contributed by atoms with Crippen LogP contribution < -0.4 is 5.32 Å². The Kier molecular flexibility index (Phi) is 4.90. The molecule has 2 N–H and O–H groups in total. The summed E-state index contributed by atoms with van der Waals surface area (Å²) in [5.74, 6) is -0.160. The molecule has 21 heavy (non-hydrogen) atoms. The normalized spacial score (nSPS) is 21.8. The molecule has 1 aromatic rings. The van der Waals surface area contributed by atoms with E-state index in [1.807, 2.05) is 0 Å². The highest BCUT2D eigenvalue weighted by Crippen LogP contribution is 2.24. The third kappa shape index (κ3) is 3.78. The smallest absolute Gasteiger partial charge is 0.272 e. The number of carbonyl (C=O) groups is 1. The first-order valence-corrected chi connectivity index (χ1v) is 7.20. The van der Waals surface area contributed by atoms with Gasteiger partial charge in [-0.1, -0.05) is 12.8 Å². The summed E-state index contributed by atoms with van der Waals surface area (Å²) < 4.78 is 0. The van der Waals surface area contributed by atoms with Gasteiger partial charge >= 0.3 is 0 Å². The van der Waals surface area contributed by atoms with E-state index in [2.05, 4.69) is 5.32 Å². The molecule has 1 aliphatic rings. The second-order valence-corrected chi connectivity index (χ2v) is 5.58. The van der Waals surface area contributed by atoms with Crippen molar-refractivity contribution < 1.29 is 14.8 Å². The van der Waals surface area contributed by atoms with Crippen molar-refractivity contribution in [2.45, 2.75) is 38.7 Å². The van der Waals surface area contributed by atoms with Crippen molar-refractivity contribution in [3.05, 3.63) is 39.4 Å². The molecule has 6 nitrogen and oxygen atoms in total. The Bertz CT molecular complexity index is 544. The number of nitro benzene ring substituents is 1. The maximum Gasteiger partial charge on any atom is 0.272 e. The van der Waals surface area contributed by atoms with Crippen LogP contribution in [-0.4, -0.2) is 28.6 Å². The number of amides is 1. The van der Waals surface area contributed by atoms with Crippen LogP contribution in [0.5, 0.6) is 0 Å². The number of hydrogen-bond donors (Lipinski definition) is 2. The average Bonchev–Trinajstić information content (AvgIpc) is 2.45. The molecule has 1 amide bonds. The number of hydrogen-bond acceptors (Lipinski definition) is 4. The summed E-state index contributed by atoms with van der Waals surface area (Å²) in [6.45, 7) is 2.05. The van der Waals surface area contributed by atoms with Gasteiger partial charge in [-0.3, -0.25) is 14.9 Å². The Morgan fingerprint density at radius 2 is 2.14 bits per heavy atom. The van der Waals surface area contributed by atoms with Crippen LogP contribution in [0.1, 0.15) is 41.6 Å². The van der Waals surface area contributed by atoms with Crippen LogP contribution >= 0.6 is 0 Å². The Morgan fingerprint density at radius 3 is 2.76 bits per heavy atom. The summed E-state index contributed by atoms with van der Waals surface area (Å²) in [6, 6.07) is 4.32. The fourth-order valence-corrected chi connectivity index (χ4v) is 2.75. The lowest BCUT2D eigenvalue weighted by Crippen LogP contribution is -2.36. The molecule has 2 unspecified atom stereocenters. The first kappa shape index (κ1) is 15.4. The largest absolute Gasteiger partial charge is 0.393 e. The summed E-state index contributed by atoms with van der Waals surface area (Å²) in [4.78, 5) is 22.4. The molecule has 6 heteroatoms. The third-order valence-electron chi connectivity index (χ3n) is 4.05. The van der Waals surface area contributed by atoms with Crippen LogP contribution in [0, 0.1) is 23.0 Å². The van der Waals surface area contributed by atoms with Crippen LogP contribution in [0.15, 0.2) is 18.2 Å². The van der Waals surface area contributed by atoms with Crippen molar-refractivity contribution in [3.63, 3.8) is 0 Å². The van der Waals surface area contributed by atoms with Gasteiger partial charge in [0.05, 0.1) is 11.0 Å². The topological polar surface area (TPSA) is 92.5 Å². The number of nitrogens with zero attached hydrogens (tertiary/aromatic N) is 1. The number of carbonyl (C=O) groups excluding carboxylic acids is 1. The van der Waals surface area contributed by atoms with Gasteiger partial charge in [0.1, 0.15) is 0 Å². The number of aryl methyl sites for hydroxylation is 1. The Morgan fingerprint density at radius 1 is 1.43 bits per heavy atom. The van der Waals surface area contributed by atoms with E-state index in [9.17, 15) is 20.0 Å². The molecule has 0 bridgehead atoms. The summed E-state index contributed by atoms with van der Waals surface area (Å²) in [5, 5.41) is 23.4. The van der Waals surface area contributed by atoms with Crippen LogP contribution in [-0.2, 0) is 0 Å². The zero-order chi connectivity index (χ0) is 15.4. The Balaban J connectivity index is 1.97. The molecule has 0 aromatic heterocycles. The fourth-order valence-electron chi connectivity index (χ4n) is 2.75. The highest BCUT2D eigenvalue weighted by Gasteiger charge is 2.23. The number of nitro groups is 1. The molecular weight excluding hydrogens is 272 g/mol. The summed E-state index contributed by atoms with van der Waals surface area (Å²) in [6.07, 6.45) is 3.47. The van der Waals surface area contributed by atoms with Crippen molar-refractivity contribution in [1.82, 2.24) is 5.32 Å². The summed E-state index contributed by atoms with van der Waals surface area (Å²) in [5.41, 5.74) is 0.878. The van der Waals surface area contributed by atoms with Gasteiger partial charge in [0.2, 0.25) is 0 Å². The molecule has 0 aliphatic heterocycles. The van der Waals surface area contributed by atoms with Crippen LogP contribution in [0.25, 0.3) is 0 Å². The van der Waals surface area contributed by atoms with Gasteiger partial charge in [-0.15, -0.1) is 0 Å². The molecule has 0 radical (unpaired) electrons.